The molecule has 0 spiro atoms. The molecule has 0 amide bonds. The minimum atomic E-state index is -3.45. The van der Waals surface area contributed by atoms with E-state index >= 15 is 0 Å². The van der Waals surface area contributed by atoms with Gasteiger partial charge < -0.3 is 5.32 Å². The van der Waals surface area contributed by atoms with Crippen molar-refractivity contribution < 1.29 is 8.42 Å². The van der Waals surface area contributed by atoms with Crippen LogP contribution in [0.25, 0.3) is 26.7 Å². The van der Waals surface area contributed by atoms with Gasteiger partial charge in [0.25, 0.3) is 0 Å². The van der Waals surface area contributed by atoms with Crippen molar-refractivity contribution in [2.45, 2.75) is 18.7 Å². The fourth-order valence-corrected chi connectivity index (χ4v) is 5.60. The molecule has 1 aliphatic rings. The number of fused-ring (bicyclic) bond motifs is 3. The van der Waals surface area contributed by atoms with Crippen LogP contribution in [0.3, 0.4) is 0 Å². The van der Waals surface area contributed by atoms with Crippen molar-refractivity contribution in [3.8, 4) is 0 Å². The molecule has 5 rings (SSSR count). The maximum atomic E-state index is 12.7. The molecule has 0 atom stereocenters. The Hall–Kier alpha value is -2.84. The third-order valence-electron chi connectivity index (χ3n) is 4.95. The van der Waals surface area contributed by atoms with E-state index in [0.29, 0.717) is 32.1 Å². The SMILES string of the molecule is CC1=C(C)S(=O)(=O)c2cc3c(Nc4ccc5scnc5c4)ncnc3cc21. The lowest BCUT2D eigenvalue weighted by Crippen LogP contribution is -2.00. The third kappa shape index (κ3) is 2.37. The van der Waals surface area contributed by atoms with Crippen molar-refractivity contribution in [1.29, 1.82) is 0 Å². The monoisotopic (exact) mass is 394 g/mol. The smallest absolute Gasteiger partial charge is 0.203 e. The van der Waals surface area contributed by atoms with Crippen LogP contribution < -0.4 is 5.32 Å². The van der Waals surface area contributed by atoms with Crippen LogP contribution in [-0.2, 0) is 9.84 Å². The number of aromatic nitrogens is 3. The second-order valence-electron chi connectivity index (χ2n) is 6.43. The number of hydrogen-bond donors (Lipinski definition) is 1. The normalized spacial score (nSPS) is 15.5. The van der Waals surface area contributed by atoms with E-state index in [-0.39, 0.29) is 0 Å². The Kier molecular flexibility index (Phi) is 3.38. The number of nitrogens with one attached hydrogen (secondary N) is 1. The third-order valence-corrected chi connectivity index (χ3v) is 7.79. The first kappa shape index (κ1) is 16.3. The molecule has 0 unspecified atom stereocenters. The van der Waals surface area contributed by atoms with Crippen molar-refractivity contribution in [2.24, 2.45) is 0 Å². The quantitative estimate of drug-likeness (QED) is 0.538. The van der Waals surface area contributed by atoms with Crippen LogP contribution in [0.4, 0.5) is 11.5 Å². The molecule has 0 bridgehead atoms. The lowest BCUT2D eigenvalue weighted by Gasteiger charge is -2.10. The molecule has 3 heterocycles. The van der Waals surface area contributed by atoms with E-state index in [9.17, 15) is 8.42 Å². The summed E-state index contributed by atoms with van der Waals surface area (Å²) in [6.07, 6.45) is 1.48. The number of thiazole rings is 1. The zero-order chi connectivity index (χ0) is 18.8. The summed E-state index contributed by atoms with van der Waals surface area (Å²) in [4.78, 5) is 13.7. The number of nitrogens with zero attached hydrogens (tertiary/aromatic N) is 3. The van der Waals surface area contributed by atoms with E-state index in [1.165, 1.54) is 6.33 Å². The molecule has 1 aliphatic heterocycles. The minimum absolute atomic E-state index is 0.317. The minimum Gasteiger partial charge on any atom is -0.340 e. The highest BCUT2D eigenvalue weighted by Crippen LogP contribution is 2.41. The van der Waals surface area contributed by atoms with E-state index in [0.717, 1.165) is 21.5 Å². The van der Waals surface area contributed by atoms with Gasteiger partial charge in [-0.15, -0.1) is 11.3 Å². The van der Waals surface area contributed by atoms with Gasteiger partial charge in [-0.25, -0.2) is 23.4 Å². The molecule has 0 aliphatic carbocycles. The van der Waals surface area contributed by atoms with Gasteiger partial charge in [0.2, 0.25) is 9.84 Å². The fourth-order valence-electron chi connectivity index (χ4n) is 3.33. The maximum Gasteiger partial charge on any atom is 0.203 e. The van der Waals surface area contributed by atoms with Gasteiger partial charge in [-0.1, -0.05) is 0 Å². The van der Waals surface area contributed by atoms with Crippen LogP contribution in [0.2, 0.25) is 0 Å². The van der Waals surface area contributed by atoms with Gasteiger partial charge in [-0.3, -0.25) is 0 Å². The molecule has 0 saturated heterocycles. The Bertz CT molecular complexity index is 1390. The Morgan fingerprint density at radius 3 is 2.70 bits per heavy atom. The molecule has 6 nitrogen and oxygen atoms in total. The summed E-state index contributed by atoms with van der Waals surface area (Å²) in [7, 11) is -3.45. The van der Waals surface area contributed by atoms with Crippen LogP contribution >= 0.6 is 11.3 Å². The van der Waals surface area contributed by atoms with Gasteiger partial charge in [-0.05, 0) is 55.3 Å². The van der Waals surface area contributed by atoms with Gasteiger partial charge in [0.1, 0.15) is 12.1 Å². The molecule has 27 heavy (non-hydrogen) atoms. The van der Waals surface area contributed by atoms with Crippen molar-refractivity contribution in [2.75, 3.05) is 5.32 Å². The summed E-state index contributed by atoms with van der Waals surface area (Å²) in [6, 6.07) is 9.39. The molecule has 0 fully saturated rings. The molecule has 2 aromatic heterocycles. The molecule has 0 radical (unpaired) electrons. The van der Waals surface area contributed by atoms with Crippen molar-refractivity contribution in [3.63, 3.8) is 0 Å². The highest BCUT2D eigenvalue weighted by atomic mass is 32.2. The predicted molar refractivity (Wildman–Crippen MR) is 108 cm³/mol. The summed E-state index contributed by atoms with van der Waals surface area (Å²) >= 11 is 1.58. The zero-order valence-corrected chi connectivity index (χ0v) is 16.1. The number of rotatable bonds is 2. The number of hydrogen-bond acceptors (Lipinski definition) is 7. The zero-order valence-electron chi connectivity index (χ0n) is 14.5. The number of benzene rings is 2. The lowest BCUT2D eigenvalue weighted by molar-refractivity contribution is 0.603. The topological polar surface area (TPSA) is 84.8 Å². The number of sulfone groups is 1. The number of allylic oxidation sites excluding steroid dienone is 2. The van der Waals surface area contributed by atoms with Crippen molar-refractivity contribution in [3.05, 3.63) is 52.6 Å². The Morgan fingerprint density at radius 1 is 1.00 bits per heavy atom. The van der Waals surface area contributed by atoms with E-state index in [4.69, 9.17) is 0 Å². The Balaban J connectivity index is 1.67. The predicted octanol–water partition coefficient (Wildman–Crippen LogP) is 4.52. The Labute approximate surface area is 159 Å². The molecule has 4 aromatic rings. The summed E-state index contributed by atoms with van der Waals surface area (Å²) in [5.74, 6) is 0.565. The fraction of sp³-hybridized carbons (Fsp3) is 0.105. The molecular formula is C19H14N4O2S2. The van der Waals surface area contributed by atoms with Crippen molar-refractivity contribution >= 4 is 59.4 Å². The summed E-state index contributed by atoms with van der Waals surface area (Å²) in [5, 5.41) is 3.94. The summed E-state index contributed by atoms with van der Waals surface area (Å²) in [5.41, 5.74) is 5.73. The van der Waals surface area contributed by atoms with Gasteiger partial charge in [0, 0.05) is 16.0 Å². The molecule has 1 N–H and O–H groups in total. The number of anilines is 2. The van der Waals surface area contributed by atoms with E-state index in [1.807, 2.05) is 31.2 Å². The summed E-state index contributed by atoms with van der Waals surface area (Å²) < 4.78 is 26.5. The first-order chi connectivity index (χ1) is 12.9. The van der Waals surface area contributed by atoms with Crippen LogP contribution in [0, 0.1) is 0 Å². The van der Waals surface area contributed by atoms with Crippen LogP contribution in [-0.4, -0.2) is 23.4 Å². The van der Waals surface area contributed by atoms with Gasteiger partial charge in [0.15, 0.2) is 0 Å². The first-order valence-electron chi connectivity index (χ1n) is 8.27. The van der Waals surface area contributed by atoms with E-state index < -0.39 is 9.84 Å². The second-order valence-corrected chi connectivity index (χ2v) is 9.38. The average Bonchev–Trinajstić information content (AvgIpc) is 3.19. The van der Waals surface area contributed by atoms with Crippen molar-refractivity contribution in [1.82, 2.24) is 15.0 Å². The lowest BCUT2D eigenvalue weighted by atomic mass is 10.1. The first-order valence-corrected chi connectivity index (χ1v) is 10.6. The van der Waals surface area contributed by atoms with Gasteiger partial charge in [0.05, 0.1) is 26.1 Å². The molecule has 134 valence electrons. The van der Waals surface area contributed by atoms with Crippen LogP contribution in [0.15, 0.2) is 52.0 Å². The molecule has 0 saturated carbocycles. The van der Waals surface area contributed by atoms with Gasteiger partial charge >= 0.3 is 0 Å². The standard InChI is InChI=1S/C19H14N4O2S2/c1-10-11(2)27(24,25)18-7-14-15(6-13(10)18)20-8-21-19(14)23-12-3-4-17-16(5-12)22-9-26-17/h3-9H,1-2H3,(H,20,21,23). The molecule has 8 heteroatoms. The highest BCUT2D eigenvalue weighted by molar-refractivity contribution is 7.95. The molecular weight excluding hydrogens is 380 g/mol. The second kappa shape index (κ2) is 5.58. The highest BCUT2D eigenvalue weighted by Gasteiger charge is 2.31. The Morgan fingerprint density at radius 2 is 1.85 bits per heavy atom. The van der Waals surface area contributed by atoms with E-state index in [2.05, 4.69) is 20.3 Å². The molecule has 2 aromatic carbocycles. The summed E-state index contributed by atoms with van der Waals surface area (Å²) in [6.45, 7) is 3.47. The maximum absolute atomic E-state index is 12.7. The van der Waals surface area contributed by atoms with Crippen LogP contribution in [0.5, 0.6) is 0 Å². The van der Waals surface area contributed by atoms with Crippen LogP contribution in [0.1, 0.15) is 19.4 Å². The average molecular weight is 394 g/mol. The van der Waals surface area contributed by atoms with E-state index in [1.54, 1.807) is 29.8 Å². The largest absolute Gasteiger partial charge is 0.340 e. The van der Waals surface area contributed by atoms with Gasteiger partial charge in [-0.2, -0.15) is 0 Å².